The van der Waals surface area contributed by atoms with E-state index in [0.717, 1.165) is 60.7 Å². The number of nitrogens with two attached hydrogens (primary N) is 1. The van der Waals surface area contributed by atoms with Crippen molar-refractivity contribution in [3.8, 4) is 0 Å². The van der Waals surface area contributed by atoms with Crippen LogP contribution in [0.3, 0.4) is 0 Å². The third kappa shape index (κ3) is 9.42. The Morgan fingerprint density at radius 1 is 0.589 bits per heavy atom. The lowest BCUT2D eigenvalue weighted by Crippen LogP contribution is -2.31. The number of aryl methyl sites for hydroxylation is 4. The highest BCUT2D eigenvalue weighted by atomic mass is 79.9. The van der Waals surface area contributed by atoms with Gasteiger partial charge < -0.3 is 26.4 Å². The van der Waals surface area contributed by atoms with E-state index in [1.807, 2.05) is 48.5 Å². The molecule has 0 bridgehead atoms. The number of rotatable bonds is 2. The SMILES string of the molecule is C1=Cc2ccccc2CC1.NC1c2ccccc2CCC1O.OC1CCc2ccccc2C1Br.OC1CCc2ccccc2C1Nc1ncnc2cccnc12. The summed E-state index contributed by atoms with van der Waals surface area (Å²) in [5, 5.41) is 32.9. The first-order valence-electron chi connectivity index (χ1n) is 19.6. The first kappa shape index (κ1) is 39.5. The van der Waals surface area contributed by atoms with Crippen molar-refractivity contribution in [3.05, 3.63) is 172 Å². The molecule has 4 aliphatic rings. The lowest BCUT2D eigenvalue weighted by Gasteiger charge is -2.31. The second-order valence-electron chi connectivity index (χ2n) is 14.7. The molecule has 0 radical (unpaired) electrons. The fourth-order valence-corrected chi connectivity index (χ4v) is 8.61. The molecular formula is C47H50BrN5O3. The molecule has 2 aromatic heterocycles. The van der Waals surface area contributed by atoms with Gasteiger partial charge >= 0.3 is 0 Å². The van der Waals surface area contributed by atoms with Gasteiger partial charge in [-0.1, -0.05) is 125 Å². The van der Waals surface area contributed by atoms with Gasteiger partial charge in [0.15, 0.2) is 5.82 Å². The van der Waals surface area contributed by atoms with Crippen molar-refractivity contribution in [2.75, 3.05) is 5.32 Å². The maximum atomic E-state index is 10.4. The van der Waals surface area contributed by atoms with Crippen LogP contribution in [-0.2, 0) is 25.7 Å². The Morgan fingerprint density at radius 3 is 1.91 bits per heavy atom. The molecule has 6 N–H and O–H groups in total. The molecule has 6 atom stereocenters. The number of hydrogen-bond acceptors (Lipinski definition) is 8. The Bertz CT molecular complexity index is 2180. The van der Waals surface area contributed by atoms with E-state index in [0.29, 0.717) is 5.82 Å². The Kier molecular flexibility index (Phi) is 13.3. The fourth-order valence-electron chi connectivity index (χ4n) is 7.90. The standard InChI is InChI=1S/C17H16N4O.C10H11BrO.C10H13NO.C10H10/c22-14-8-7-11-4-1-2-5-12(11)15(14)21-17-16-13(19-10-20-17)6-3-9-18-16;2*11-10-8-4-2-1-3-7(8)5-6-9(10)12;1-2-6-10-8-4-3-7-9(10)5-1/h1-6,9-10,14-15,22H,7-8H2,(H,19,20,21);1-4,9-10,12H,5-6H2;1-4,9-10,12H,5-6,11H2;1-3,5-7H,4,8H2. The molecule has 0 saturated carbocycles. The van der Waals surface area contributed by atoms with Crippen molar-refractivity contribution >= 4 is 38.9 Å². The quantitative estimate of drug-likeness (QED) is 0.110. The van der Waals surface area contributed by atoms with Crippen LogP contribution in [0.1, 0.15) is 87.1 Å². The largest absolute Gasteiger partial charge is 0.392 e. The Hall–Kier alpha value is -4.77. The first-order valence-corrected chi connectivity index (χ1v) is 20.5. The van der Waals surface area contributed by atoms with Crippen molar-refractivity contribution in [1.29, 1.82) is 0 Å². The van der Waals surface area contributed by atoms with Crippen LogP contribution in [0, 0.1) is 0 Å². The van der Waals surface area contributed by atoms with Crippen LogP contribution >= 0.6 is 15.9 Å². The summed E-state index contributed by atoms with van der Waals surface area (Å²) >= 11 is 3.50. The normalized spacial score (nSPS) is 22.8. The number of fused-ring (bicyclic) bond motifs is 5. The molecule has 0 fully saturated rings. The van der Waals surface area contributed by atoms with Gasteiger partial charge in [0.25, 0.3) is 0 Å². The van der Waals surface area contributed by atoms with Crippen LogP contribution in [0.2, 0.25) is 0 Å². The number of aliphatic hydroxyl groups excluding tert-OH is 3. The maximum absolute atomic E-state index is 10.4. The lowest BCUT2D eigenvalue weighted by molar-refractivity contribution is 0.128. The maximum Gasteiger partial charge on any atom is 0.156 e. The molecule has 6 unspecified atom stereocenters. The highest BCUT2D eigenvalue weighted by Crippen LogP contribution is 2.36. The van der Waals surface area contributed by atoms with Crippen molar-refractivity contribution < 1.29 is 15.3 Å². The molecule has 10 rings (SSSR count). The fraction of sp³-hybridized carbons (Fsp3) is 0.298. The summed E-state index contributed by atoms with van der Waals surface area (Å²) in [6.45, 7) is 0. The van der Waals surface area contributed by atoms with E-state index in [1.54, 1.807) is 6.20 Å². The van der Waals surface area contributed by atoms with Gasteiger partial charge in [-0.2, -0.15) is 0 Å². The molecule has 0 spiro atoms. The molecule has 56 heavy (non-hydrogen) atoms. The molecule has 0 amide bonds. The third-order valence-electron chi connectivity index (χ3n) is 11.0. The summed E-state index contributed by atoms with van der Waals surface area (Å²) in [5.74, 6) is 0.659. The van der Waals surface area contributed by atoms with E-state index >= 15 is 0 Å². The molecule has 8 nitrogen and oxygen atoms in total. The molecule has 288 valence electrons. The summed E-state index contributed by atoms with van der Waals surface area (Å²) in [4.78, 5) is 13.0. The summed E-state index contributed by atoms with van der Waals surface area (Å²) in [5.41, 5.74) is 17.7. The number of nitrogens with one attached hydrogen (secondary N) is 1. The van der Waals surface area contributed by atoms with Crippen molar-refractivity contribution in [2.24, 2.45) is 5.73 Å². The minimum absolute atomic E-state index is 0.127. The second-order valence-corrected chi connectivity index (χ2v) is 15.7. The number of aliphatic hydroxyl groups is 3. The molecule has 0 aliphatic heterocycles. The smallest absolute Gasteiger partial charge is 0.156 e. The van der Waals surface area contributed by atoms with E-state index < -0.39 is 6.10 Å². The number of benzene rings is 4. The third-order valence-corrected chi connectivity index (χ3v) is 12.1. The molecule has 2 heterocycles. The van der Waals surface area contributed by atoms with Gasteiger partial charge in [-0.25, -0.2) is 9.97 Å². The van der Waals surface area contributed by atoms with Crippen molar-refractivity contribution in [1.82, 2.24) is 15.0 Å². The van der Waals surface area contributed by atoms with Crippen LogP contribution in [0.5, 0.6) is 0 Å². The minimum Gasteiger partial charge on any atom is -0.392 e. The zero-order chi connectivity index (χ0) is 38.9. The number of halogens is 1. The highest BCUT2D eigenvalue weighted by molar-refractivity contribution is 9.09. The molecule has 0 saturated heterocycles. The summed E-state index contributed by atoms with van der Waals surface area (Å²) in [6.07, 6.45) is 14.3. The minimum atomic E-state index is -0.441. The number of alkyl halides is 1. The highest BCUT2D eigenvalue weighted by Gasteiger charge is 2.29. The number of hydrogen-bond donors (Lipinski definition) is 5. The number of nitrogens with zero attached hydrogens (tertiary/aromatic N) is 3. The van der Waals surface area contributed by atoms with Gasteiger partial charge in [0.05, 0.1) is 40.7 Å². The van der Waals surface area contributed by atoms with E-state index in [9.17, 15) is 15.3 Å². The summed E-state index contributed by atoms with van der Waals surface area (Å²) < 4.78 is 0. The van der Waals surface area contributed by atoms with Gasteiger partial charge in [-0.3, -0.25) is 4.98 Å². The molecule has 4 aliphatic carbocycles. The monoisotopic (exact) mass is 811 g/mol. The second kappa shape index (κ2) is 18.9. The van der Waals surface area contributed by atoms with Gasteiger partial charge in [0.1, 0.15) is 11.8 Å². The first-order chi connectivity index (χ1) is 27.4. The average Bonchev–Trinajstić information content (AvgIpc) is 3.25. The lowest BCUT2D eigenvalue weighted by atomic mass is 9.85. The van der Waals surface area contributed by atoms with Crippen LogP contribution < -0.4 is 11.1 Å². The van der Waals surface area contributed by atoms with Crippen molar-refractivity contribution in [2.45, 2.75) is 86.6 Å². The van der Waals surface area contributed by atoms with Crippen LogP contribution in [0.4, 0.5) is 5.82 Å². The summed E-state index contributed by atoms with van der Waals surface area (Å²) in [6, 6.07) is 36.5. The number of allylic oxidation sites excluding steroid dienone is 1. The van der Waals surface area contributed by atoms with Crippen molar-refractivity contribution in [3.63, 3.8) is 0 Å². The van der Waals surface area contributed by atoms with E-state index in [1.165, 1.54) is 52.5 Å². The van der Waals surface area contributed by atoms with E-state index in [4.69, 9.17) is 5.73 Å². The Morgan fingerprint density at radius 2 is 1.18 bits per heavy atom. The van der Waals surface area contributed by atoms with Gasteiger partial charge in [-0.15, -0.1) is 0 Å². The van der Waals surface area contributed by atoms with Gasteiger partial charge in [-0.05, 0) is 108 Å². The summed E-state index contributed by atoms with van der Waals surface area (Å²) in [7, 11) is 0. The van der Waals surface area contributed by atoms with Crippen LogP contribution in [0.25, 0.3) is 17.1 Å². The Labute approximate surface area is 337 Å². The predicted octanol–water partition coefficient (Wildman–Crippen LogP) is 8.55. The zero-order valence-corrected chi connectivity index (χ0v) is 33.0. The topological polar surface area (TPSA) is 137 Å². The predicted molar refractivity (Wildman–Crippen MR) is 228 cm³/mol. The van der Waals surface area contributed by atoms with E-state index in [-0.39, 0.29) is 29.1 Å². The molecule has 4 aromatic carbocycles. The Balaban J connectivity index is 0.000000121. The van der Waals surface area contributed by atoms with Gasteiger partial charge in [0, 0.05) is 6.20 Å². The number of anilines is 1. The van der Waals surface area contributed by atoms with Crippen LogP contribution in [-0.4, -0.2) is 48.6 Å². The molecule has 9 heteroatoms. The average molecular weight is 813 g/mol. The van der Waals surface area contributed by atoms with Gasteiger partial charge in [0.2, 0.25) is 0 Å². The number of pyridine rings is 1. The number of aromatic nitrogens is 3. The molecule has 6 aromatic rings. The molecular weight excluding hydrogens is 762 g/mol. The zero-order valence-electron chi connectivity index (χ0n) is 31.5. The van der Waals surface area contributed by atoms with E-state index in [2.05, 4.69) is 109 Å². The van der Waals surface area contributed by atoms with Crippen LogP contribution in [0.15, 0.2) is 128 Å².